The van der Waals surface area contributed by atoms with Crippen LogP contribution in [0.2, 0.25) is 0 Å². The Morgan fingerprint density at radius 3 is 2.20 bits per heavy atom. The standard InChI is InChI=1S/C16H15NO2S/c1-12-3-6-15(7-4-12)20(18,19)17-10-9-14-11-13(2)5-8-16(14)17/h3-11H,1-2H3. The second-order valence-corrected chi connectivity index (χ2v) is 6.81. The van der Waals surface area contributed by atoms with Crippen LogP contribution in [0.25, 0.3) is 10.9 Å². The van der Waals surface area contributed by atoms with E-state index in [1.54, 1.807) is 18.3 Å². The van der Waals surface area contributed by atoms with Gasteiger partial charge in [-0.05, 0) is 44.2 Å². The molecule has 0 aliphatic carbocycles. The van der Waals surface area contributed by atoms with E-state index in [0.29, 0.717) is 10.4 Å². The maximum atomic E-state index is 12.7. The van der Waals surface area contributed by atoms with Crippen LogP contribution in [0.15, 0.2) is 59.6 Å². The summed E-state index contributed by atoms with van der Waals surface area (Å²) in [6.45, 7) is 3.93. The molecular formula is C16H15NO2S. The van der Waals surface area contributed by atoms with Gasteiger partial charge in [-0.25, -0.2) is 12.4 Å². The molecule has 1 heterocycles. The monoisotopic (exact) mass is 285 g/mol. The second-order valence-electron chi connectivity index (χ2n) is 4.99. The van der Waals surface area contributed by atoms with Crippen molar-refractivity contribution in [2.75, 3.05) is 0 Å². The van der Waals surface area contributed by atoms with E-state index in [-0.39, 0.29) is 0 Å². The highest BCUT2D eigenvalue weighted by atomic mass is 32.2. The molecule has 0 atom stereocenters. The molecule has 2 aromatic carbocycles. The van der Waals surface area contributed by atoms with Crippen molar-refractivity contribution in [1.82, 2.24) is 3.97 Å². The molecule has 20 heavy (non-hydrogen) atoms. The van der Waals surface area contributed by atoms with Gasteiger partial charge in [0, 0.05) is 11.6 Å². The lowest BCUT2D eigenvalue weighted by molar-refractivity contribution is 0.589. The summed E-state index contributed by atoms with van der Waals surface area (Å²) in [5.41, 5.74) is 2.86. The van der Waals surface area contributed by atoms with Crippen LogP contribution in [0, 0.1) is 13.8 Å². The molecule has 0 radical (unpaired) electrons. The summed E-state index contributed by atoms with van der Waals surface area (Å²) >= 11 is 0. The van der Waals surface area contributed by atoms with Crippen LogP contribution in [0.3, 0.4) is 0 Å². The van der Waals surface area contributed by atoms with Gasteiger partial charge >= 0.3 is 0 Å². The maximum absolute atomic E-state index is 12.7. The van der Waals surface area contributed by atoms with E-state index < -0.39 is 10.0 Å². The van der Waals surface area contributed by atoms with Crippen molar-refractivity contribution in [2.24, 2.45) is 0 Å². The fourth-order valence-corrected chi connectivity index (χ4v) is 3.62. The van der Waals surface area contributed by atoms with Crippen LogP contribution >= 0.6 is 0 Å². The number of benzene rings is 2. The predicted molar refractivity (Wildman–Crippen MR) is 80.4 cm³/mol. The highest BCUT2D eigenvalue weighted by Crippen LogP contribution is 2.23. The van der Waals surface area contributed by atoms with Gasteiger partial charge in [-0.2, -0.15) is 0 Å². The first-order chi connectivity index (χ1) is 9.48. The van der Waals surface area contributed by atoms with E-state index in [1.165, 1.54) is 3.97 Å². The number of aromatic nitrogens is 1. The fourth-order valence-electron chi connectivity index (χ4n) is 2.27. The molecule has 0 bridgehead atoms. The number of nitrogens with zero attached hydrogens (tertiary/aromatic N) is 1. The van der Waals surface area contributed by atoms with Gasteiger partial charge in [0.1, 0.15) is 0 Å². The molecule has 0 spiro atoms. The molecule has 0 fully saturated rings. The van der Waals surface area contributed by atoms with Crippen molar-refractivity contribution in [3.63, 3.8) is 0 Å². The Balaban J connectivity index is 2.21. The Labute approximate surface area is 118 Å². The van der Waals surface area contributed by atoms with Gasteiger partial charge in [-0.1, -0.05) is 29.3 Å². The second kappa shape index (κ2) is 4.49. The summed E-state index contributed by atoms with van der Waals surface area (Å²) in [4.78, 5) is 0.307. The molecule has 102 valence electrons. The lowest BCUT2D eigenvalue weighted by atomic mass is 10.2. The molecule has 3 nitrogen and oxygen atoms in total. The van der Waals surface area contributed by atoms with Crippen molar-refractivity contribution in [3.8, 4) is 0 Å². The Morgan fingerprint density at radius 1 is 0.850 bits per heavy atom. The normalized spacial score (nSPS) is 11.9. The number of hydrogen-bond acceptors (Lipinski definition) is 2. The molecule has 0 amide bonds. The van der Waals surface area contributed by atoms with Crippen molar-refractivity contribution < 1.29 is 8.42 Å². The summed E-state index contributed by atoms with van der Waals surface area (Å²) in [6, 6.07) is 14.5. The van der Waals surface area contributed by atoms with E-state index in [2.05, 4.69) is 0 Å². The number of aryl methyl sites for hydroxylation is 2. The zero-order chi connectivity index (χ0) is 14.3. The summed E-state index contributed by atoms with van der Waals surface area (Å²) in [5, 5.41) is 0.931. The van der Waals surface area contributed by atoms with Crippen LogP contribution in [-0.4, -0.2) is 12.4 Å². The molecule has 1 aromatic heterocycles. The molecule has 3 aromatic rings. The minimum atomic E-state index is -3.54. The Bertz CT molecular complexity index is 874. The lowest BCUT2D eigenvalue weighted by Crippen LogP contribution is -2.11. The van der Waals surface area contributed by atoms with Crippen LogP contribution < -0.4 is 0 Å². The van der Waals surface area contributed by atoms with E-state index in [9.17, 15) is 8.42 Å². The van der Waals surface area contributed by atoms with E-state index >= 15 is 0 Å². The first kappa shape index (κ1) is 12.9. The van der Waals surface area contributed by atoms with Crippen molar-refractivity contribution in [1.29, 1.82) is 0 Å². The molecule has 0 saturated heterocycles. The third-order valence-electron chi connectivity index (χ3n) is 3.39. The number of rotatable bonds is 2. The minimum Gasteiger partial charge on any atom is -0.241 e. The van der Waals surface area contributed by atoms with Crippen LogP contribution in [-0.2, 0) is 10.0 Å². The van der Waals surface area contributed by atoms with Crippen LogP contribution in [0.4, 0.5) is 0 Å². The van der Waals surface area contributed by atoms with Gasteiger partial charge in [0.25, 0.3) is 10.0 Å². The van der Waals surface area contributed by atoms with Crippen LogP contribution in [0.5, 0.6) is 0 Å². The number of fused-ring (bicyclic) bond motifs is 1. The molecule has 0 aliphatic rings. The average Bonchev–Trinajstić information content (AvgIpc) is 2.82. The Kier molecular flexibility index (Phi) is 2.91. The highest BCUT2D eigenvalue weighted by molar-refractivity contribution is 7.90. The van der Waals surface area contributed by atoms with Gasteiger partial charge in [0.2, 0.25) is 0 Å². The molecule has 0 saturated carbocycles. The minimum absolute atomic E-state index is 0.307. The van der Waals surface area contributed by atoms with Gasteiger partial charge < -0.3 is 0 Å². The third-order valence-corrected chi connectivity index (χ3v) is 5.09. The summed E-state index contributed by atoms with van der Waals surface area (Å²) in [7, 11) is -3.54. The van der Waals surface area contributed by atoms with Crippen LogP contribution in [0.1, 0.15) is 11.1 Å². The van der Waals surface area contributed by atoms with E-state index in [0.717, 1.165) is 16.5 Å². The molecule has 0 aliphatic heterocycles. The quantitative estimate of drug-likeness (QED) is 0.723. The average molecular weight is 285 g/mol. The van der Waals surface area contributed by atoms with Gasteiger partial charge in [0.15, 0.2) is 0 Å². The van der Waals surface area contributed by atoms with Gasteiger partial charge in [0.05, 0.1) is 10.4 Å². The van der Waals surface area contributed by atoms with Gasteiger partial charge in [-0.3, -0.25) is 0 Å². The van der Waals surface area contributed by atoms with Crippen molar-refractivity contribution in [3.05, 3.63) is 65.9 Å². The van der Waals surface area contributed by atoms with Crippen molar-refractivity contribution in [2.45, 2.75) is 18.7 Å². The molecule has 3 rings (SSSR count). The predicted octanol–water partition coefficient (Wildman–Crippen LogP) is 3.50. The zero-order valence-corrected chi connectivity index (χ0v) is 12.2. The largest absolute Gasteiger partial charge is 0.268 e. The topological polar surface area (TPSA) is 39.1 Å². The fraction of sp³-hybridized carbons (Fsp3) is 0.125. The van der Waals surface area contributed by atoms with E-state index in [4.69, 9.17) is 0 Å². The summed E-state index contributed by atoms with van der Waals surface area (Å²) < 4.78 is 26.7. The third kappa shape index (κ3) is 2.02. The molecule has 0 N–H and O–H groups in total. The summed E-state index contributed by atoms with van der Waals surface area (Å²) in [6.07, 6.45) is 1.61. The first-order valence-electron chi connectivity index (χ1n) is 6.38. The number of hydrogen-bond donors (Lipinski definition) is 0. The highest BCUT2D eigenvalue weighted by Gasteiger charge is 2.18. The van der Waals surface area contributed by atoms with E-state index in [1.807, 2.05) is 50.2 Å². The molecular weight excluding hydrogens is 270 g/mol. The van der Waals surface area contributed by atoms with Crippen molar-refractivity contribution >= 4 is 20.9 Å². The maximum Gasteiger partial charge on any atom is 0.268 e. The van der Waals surface area contributed by atoms with Gasteiger partial charge in [-0.15, -0.1) is 0 Å². The molecule has 4 heteroatoms. The summed E-state index contributed by atoms with van der Waals surface area (Å²) in [5.74, 6) is 0. The smallest absolute Gasteiger partial charge is 0.241 e. The zero-order valence-electron chi connectivity index (χ0n) is 11.4. The first-order valence-corrected chi connectivity index (χ1v) is 7.82. The Morgan fingerprint density at radius 2 is 1.50 bits per heavy atom. The molecule has 0 unspecified atom stereocenters. The lowest BCUT2D eigenvalue weighted by Gasteiger charge is -2.08. The Hall–Kier alpha value is -2.07. The SMILES string of the molecule is Cc1ccc(S(=O)(=O)n2ccc3cc(C)ccc32)cc1.